The third-order valence-electron chi connectivity index (χ3n) is 2.87. The van der Waals surface area contributed by atoms with Gasteiger partial charge in [-0.2, -0.15) is 0 Å². The van der Waals surface area contributed by atoms with Gasteiger partial charge in [0.25, 0.3) is 5.69 Å². The molecule has 0 saturated carbocycles. The largest absolute Gasteiger partial charge is 0.437 e. The Morgan fingerprint density at radius 1 is 1.19 bits per heavy atom. The molecule has 1 heterocycles. The average molecular weight is 301 g/mol. The molecule has 0 saturated heterocycles. The van der Waals surface area contributed by atoms with Crippen molar-refractivity contribution in [3.63, 3.8) is 0 Å². The molecule has 0 amide bonds. The summed E-state index contributed by atoms with van der Waals surface area (Å²) in [6.07, 6.45) is 3.50. The SMILES string of the molecule is O=[N+]([O-])c1ccc2oc(/C=C/c3cccc(Cl)c3)nc2c1. The van der Waals surface area contributed by atoms with E-state index in [0.29, 0.717) is 22.0 Å². The zero-order chi connectivity index (χ0) is 14.8. The Balaban J connectivity index is 1.92. The lowest BCUT2D eigenvalue weighted by Gasteiger charge is -1.92. The average Bonchev–Trinajstić information content (AvgIpc) is 2.87. The van der Waals surface area contributed by atoms with Gasteiger partial charge in [-0.05, 0) is 29.8 Å². The van der Waals surface area contributed by atoms with Gasteiger partial charge in [0, 0.05) is 23.2 Å². The van der Waals surface area contributed by atoms with E-state index in [1.54, 1.807) is 12.1 Å². The summed E-state index contributed by atoms with van der Waals surface area (Å²) >= 11 is 5.90. The molecule has 0 spiro atoms. The van der Waals surface area contributed by atoms with Crippen LogP contribution in [0.15, 0.2) is 46.9 Å². The molecular weight excluding hydrogens is 292 g/mol. The van der Waals surface area contributed by atoms with Crippen molar-refractivity contribution in [1.29, 1.82) is 0 Å². The van der Waals surface area contributed by atoms with Crippen LogP contribution in [-0.4, -0.2) is 9.91 Å². The summed E-state index contributed by atoms with van der Waals surface area (Å²) < 4.78 is 5.50. The third kappa shape index (κ3) is 2.93. The minimum atomic E-state index is -0.463. The van der Waals surface area contributed by atoms with Crippen molar-refractivity contribution in [2.75, 3.05) is 0 Å². The molecule has 0 aliphatic rings. The van der Waals surface area contributed by atoms with Crippen molar-refractivity contribution in [1.82, 2.24) is 4.98 Å². The van der Waals surface area contributed by atoms with Crippen LogP contribution in [0.4, 0.5) is 5.69 Å². The fourth-order valence-corrected chi connectivity index (χ4v) is 2.09. The number of benzene rings is 2. The molecule has 2 aromatic carbocycles. The molecule has 3 rings (SSSR count). The summed E-state index contributed by atoms with van der Waals surface area (Å²) in [5.41, 5.74) is 1.86. The molecule has 0 radical (unpaired) electrons. The number of nitrogens with zero attached hydrogens (tertiary/aromatic N) is 2. The molecule has 6 heteroatoms. The van der Waals surface area contributed by atoms with E-state index in [1.165, 1.54) is 18.2 Å². The van der Waals surface area contributed by atoms with Crippen molar-refractivity contribution >= 4 is 40.5 Å². The van der Waals surface area contributed by atoms with Gasteiger partial charge >= 0.3 is 0 Å². The molecule has 0 unspecified atom stereocenters. The molecule has 0 N–H and O–H groups in total. The van der Waals surface area contributed by atoms with Crippen LogP contribution in [0.2, 0.25) is 5.02 Å². The van der Waals surface area contributed by atoms with Gasteiger partial charge in [0.15, 0.2) is 5.58 Å². The number of aromatic nitrogens is 1. The summed E-state index contributed by atoms with van der Waals surface area (Å²) in [7, 11) is 0. The second kappa shape index (κ2) is 5.38. The number of rotatable bonds is 3. The number of non-ortho nitro benzene ring substituents is 1. The maximum absolute atomic E-state index is 10.7. The molecule has 0 bridgehead atoms. The van der Waals surface area contributed by atoms with E-state index in [1.807, 2.05) is 24.3 Å². The van der Waals surface area contributed by atoms with E-state index >= 15 is 0 Å². The number of nitro groups is 1. The van der Waals surface area contributed by atoms with E-state index in [9.17, 15) is 10.1 Å². The quantitative estimate of drug-likeness (QED) is 0.525. The zero-order valence-electron chi connectivity index (χ0n) is 10.7. The van der Waals surface area contributed by atoms with Gasteiger partial charge in [-0.15, -0.1) is 0 Å². The predicted octanol–water partition coefficient (Wildman–Crippen LogP) is 4.56. The smallest absolute Gasteiger partial charge is 0.271 e. The molecular formula is C15H9ClN2O3. The van der Waals surface area contributed by atoms with Crippen molar-refractivity contribution in [2.45, 2.75) is 0 Å². The first-order chi connectivity index (χ1) is 10.1. The Bertz CT molecular complexity index is 855. The Morgan fingerprint density at radius 3 is 2.81 bits per heavy atom. The lowest BCUT2D eigenvalue weighted by molar-refractivity contribution is -0.384. The lowest BCUT2D eigenvalue weighted by atomic mass is 10.2. The fraction of sp³-hybridized carbons (Fsp3) is 0. The van der Waals surface area contributed by atoms with E-state index in [0.717, 1.165) is 5.56 Å². The number of hydrogen-bond donors (Lipinski definition) is 0. The Labute approximate surface area is 124 Å². The number of halogens is 1. The molecule has 3 aromatic rings. The van der Waals surface area contributed by atoms with E-state index in [-0.39, 0.29) is 5.69 Å². The van der Waals surface area contributed by atoms with Crippen molar-refractivity contribution < 1.29 is 9.34 Å². The summed E-state index contributed by atoms with van der Waals surface area (Å²) in [6.45, 7) is 0. The normalized spacial score (nSPS) is 11.3. The highest BCUT2D eigenvalue weighted by molar-refractivity contribution is 6.30. The number of fused-ring (bicyclic) bond motifs is 1. The van der Waals surface area contributed by atoms with Gasteiger partial charge in [-0.3, -0.25) is 10.1 Å². The van der Waals surface area contributed by atoms with Gasteiger partial charge in [0.2, 0.25) is 5.89 Å². The van der Waals surface area contributed by atoms with Crippen LogP contribution in [-0.2, 0) is 0 Å². The first-order valence-corrected chi connectivity index (χ1v) is 6.48. The van der Waals surface area contributed by atoms with Crippen molar-refractivity contribution in [2.24, 2.45) is 0 Å². The molecule has 0 fully saturated rings. The van der Waals surface area contributed by atoms with Gasteiger partial charge in [-0.1, -0.05) is 23.7 Å². The van der Waals surface area contributed by atoms with Gasteiger partial charge in [-0.25, -0.2) is 4.98 Å². The highest BCUT2D eigenvalue weighted by Gasteiger charge is 2.10. The highest BCUT2D eigenvalue weighted by atomic mass is 35.5. The zero-order valence-corrected chi connectivity index (χ0v) is 11.4. The van der Waals surface area contributed by atoms with Crippen LogP contribution >= 0.6 is 11.6 Å². The van der Waals surface area contributed by atoms with Gasteiger partial charge in [0.1, 0.15) is 5.52 Å². The van der Waals surface area contributed by atoms with Crippen molar-refractivity contribution in [3.05, 3.63) is 69.1 Å². The van der Waals surface area contributed by atoms with E-state index in [2.05, 4.69) is 4.98 Å². The third-order valence-corrected chi connectivity index (χ3v) is 3.10. The molecule has 0 aliphatic carbocycles. The number of hydrogen-bond acceptors (Lipinski definition) is 4. The first kappa shape index (κ1) is 13.3. The standard InChI is InChI=1S/C15H9ClN2O3/c16-11-3-1-2-10(8-11)4-7-15-17-13-9-12(18(19)20)5-6-14(13)21-15/h1-9H/b7-4+. The first-order valence-electron chi connectivity index (χ1n) is 6.10. The van der Waals surface area contributed by atoms with Crippen LogP contribution in [0.1, 0.15) is 11.5 Å². The molecule has 104 valence electrons. The summed E-state index contributed by atoms with van der Waals surface area (Å²) in [6, 6.07) is 11.7. The van der Waals surface area contributed by atoms with Crippen LogP contribution in [0.3, 0.4) is 0 Å². The minimum absolute atomic E-state index is 0.0128. The van der Waals surface area contributed by atoms with Crippen LogP contribution < -0.4 is 0 Å². The monoisotopic (exact) mass is 300 g/mol. The summed E-state index contributed by atoms with van der Waals surface area (Å²) in [5, 5.41) is 11.4. The lowest BCUT2D eigenvalue weighted by Crippen LogP contribution is -1.86. The molecule has 0 aliphatic heterocycles. The van der Waals surface area contributed by atoms with Gasteiger partial charge in [0.05, 0.1) is 4.92 Å². The highest BCUT2D eigenvalue weighted by Crippen LogP contribution is 2.22. The molecule has 21 heavy (non-hydrogen) atoms. The van der Waals surface area contributed by atoms with E-state index in [4.69, 9.17) is 16.0 Å². The molecule has 0 atom stereocenters. The van der Waals surface area contributed by atoms with Crippen LogP contribution in [0.25, 0.3) is 23.3 Å². The molecule has 1 aromatic heterocycles. The predicted molar refractivity (Wildman–Crippen MR) is 81.0 cm³/mol. The van der Waals surface area contributed by atoms with Gasteiger partial charge < -0.3 is 4.42 Å². The van der Waals surface area contributed by atoms with E-state index < -0.39 is 4.92 Å². The van der Waals surface area contributed by atoms with Crippen LogP contribution in [0, 0.1) is 10.1 Å². The maximum Gasteiger partial charge on any atom is 0.271 e. The minimum Gasteiger partial charge on any atom is -0.437 e. The van der Waals surface area contributed by atoms with Crippen LogP contribution in [0.5, 0.6) is 0 Å². The topological polar surface area (TPSA) is 69.2 Å². The Kier molecular flexibility index (Phi) is 3.41. The van der Waals surface area contributed by atoms with Crippen molar-refractivity contribution in [3.8, 4) is 0 Å². The maximum atomic E-state index is 10.7. The fourth-order valence-electron chi connectivity index (χ4n) is 1.90. The number of oxazole rings is 1. The number of nitro benzene ring substituents is 1. The Morgan fingerprint density at radius 2 is 2.05 bits per heavy atom. The summed E-state index contributed by atoms with van der Waals surface area (Å²) in [4.78, 5) is 14.5. The second-order valence-corrected chi connectivity index (χ2v) is 4.79. The second-order valence-electron chi connectivity index (χ2n) is 4.35. The molecule has 5 nitrogen and oxygen atoms in total. The summed E-state index contributed by atoms with van der Waals surface area (Å²) in [5.74, 6) is 0.380. The Hall–Kier alpha value is -2.66.